The summed E-state index contributed by atoms with van der Waals surface area (Å²) in [5.41, 5.74) is 4.69. The molecule has 0 aliphatic heterocycles. The highest BCUT2D eigenvalue weighted by atomic mass is 19.3. The molecule has 0 amide bonds. The predicted octanol–water partition coefficient (Wildman–Crippen LogP) is 1.49. The van der Waals surface area contributed by atoms with Crippen LogP contribution in [-0.4, -0.2) is 22.2 Å². The van der Waals surface area contributed by atoms with E-state index in [4.69, 9.17) is 5.73 Å². The van der Waals surface area contributed by atoms with E-state index in [-0.39, 0.29) is 12.0 Å². The fraction of sp³-hybridized carbons (Fsp3) is 0.625. The maximum atomic E-state index is 12.4. The molecular weight excluding hydrogens is 214 g/mol. The van der Waals surface area contributed by atoms with Crippen molar-refractivity contribution in [1.82, 2.24) is 9.78 Å². The van der Waals surface area contributed by atoms with Crippen LogP contribution < -0.4 is 5.73 Å². The Morgan fingerprint density at radius 1 is 1.40 bits per heavy atom. The Bertz CT molecular complexity index is 324. The van der Waals surface area contributed by atoms with E-state index in [1.54, 1.807) is 0 Å². The second kappa shape index (κ2) is 4.61. The van der Waals surface area contributed by atoms with Crippen molar-refractivity contribution >= 4 is 0 Å². The van der Waals surface area contributed by atoms with E-state index in [1.165, 1.54) is 13.2 Å². The van der Waals surface area contributed by atoms with Gasteiger partial charge < -0.3 is 5.73 Å². The Labute approximate surface area is 83.9 Å². The number of nitrogens with two attached hydrogens (primary N) is 1. The quantitative estimate of drug-likeness (QED) is 0.789. The summed E-state index contributed by atoms with van der Waals surface area (Å²) in [6, 6.07) is -1.44. The number of nitrogens with zero attached hydrogens (tertiary/aromatic N) is 2. The van der Waals surface area contributed by atoms with Crippen LogP contribution in [0.4, 0.5) is 17.6 Å². The van der Waals surface area contributed by atoms with E-state index in [0.717, 1.165) is 4.68 Å². The van der Waals surface area contributed by atoms with Gasteiger partial charge in [0, 0.05) is 18.8 Å². The first-order valence-electron chi connectivity index (χ1n) is 4.26. The molecule has 0 radical (unpaired) electrons. The van der Waals surface area contributed by atoms with Crippen LogP contribution in [0.3, 0.4) is 0 Å². The molecule has 0 bridgehead atoms. The van der Waals surface area contributed by atoms with Crippen molar-refractivity contribution in [2.75, 3.05) is 0 Å². The molecule has 7 heteroatoms. The van der Waals surface area contributed by atoms with Crippen LogP contribution in [0.1, 0.15) is 17.7 Å². The third kappa shape index (κ3) is 2.92. The highest BCUT2D eigenvalue weighted by molar-refractivity contribution is 5.19. The smallest absolute Gasteiger partial charge is 0.282 e. The van der Waals surface area contributed by atoms with Gasteiger partial charge in [0.1, 0.15) is 5.69 Å². The van der Waals surface area contributed by atoms with Crippen LogP contribution >= 0.6 is 0 Å². The average Bonchev–Trinajstić information content (AvgIpc) is 2.46. The number of hydrogen-bond donors (Lipinski definition) is 1. The van der Waals surface area contributed by atoms with Crippen LogP contribution in [0.15, 0.2) is 6.20 Å². The lowest BCUT2D eigenvalue weighted by molar-refractivity contribution is 0.114. The van der Waals surface area contributed by atoms with Crippen molar-refractivity contribution in [1.29, 1.82) is 0 Å². The van der Waals surface area contributed by atoms with Crippen LogP contribution in [0.2, 0.25) is 0 Å². The van der Waals surface area contributed by atoms with E-state index >= 15 is 0 Å². The van der Waals surface area contributed by atoms with Gasteiger partial charge in [0.15, 0.2) is 0 Å². The molecule has 0 aromatic carbocycles. The molecule has 1 atom stereocenters. The topological polar surface area (TPSA) is 43.8 Å². The summed E-state index contributed by atoms with van der Waals surface area (Å²) in [5, 5.41) is 3.49. The Morgan fingerprint density at radius 3 is 2.47 bits per heavy atom. The maximum absolute atomic E-state index is 12.4. The highest BCUT2D eigenvalue weighted by Crippen LogP contribution is 2.22. The molecule has 0 aliphatic carbocycles. The van der Waals surface area contributed by atoms with Gasteiger partial charge in [-0.1, -0.05) is 0 Å². The minimum absolute atomic E-state index is 0.0697. The molecule has 1 aromatic heterocycles. The minimum atomic E-state index is -2.77. The second-order valence-electron chi connectivity index (χ2n) is 3.22. The fourth-order valence-corrected chi connectivity index (χ4v) is 1.24. The summed E-state index contributed by atoms with van der Waals surface area (Å²) in [7, 11) is 1.45. The third-order valence-corrected chi connectivity index (χ3v) is 1.92. The molecule has 1 heterocycles. The first-order valence-corrected chi connectivity index (χ1v) is 4.26. The Morgan fingerprint density at radius 2 is 2.00 bits per heavy atom. The van der Waals surface area contributed by atoms with Crippen LogP contribution in [-0.2, 0) is 13.5 Å². The van der Waals surface area contributed by atoms with Gasteiger partial charge in [-0.25, -0.2) is 17.6 Å². The predicted molar refractivity (Wildman–Crippen MR) is 45.8 cm³/mol. The second-order valence-corrected chi connectivity index (χ2v) is 3.22. The summed E-state index contributed by atoms with van der Waals surface area (Å²) in [6.07, 6.45) is -4.52. The SMILES string of the molecule is Cn1cc(CC(N)C(F)F)c(C(F)F)n1. The van der Waals surface area contributed by atoms with Gasteiger partial charge in [-0.3, -0.25) is 4.68 Å². The lowest BCUT2D eigenvalue weighted by Gasteiger charge is -2.09. The third-order valence-electron chi connectivity index (χ3n) is 1.92. The van der Waals surface area contributed by atoms with E-state index in [0.29, 0.717) is 0 Å². The summed E-state index contributed by atoms with van der Waals surface area (Å²) < 4.78 is 50.2. The number of rotatable bonds is 4. The summed E-state index contributed by atoms with van der Waals surface area (Å²) in [6.45, 7) is 0. The number of aryl methyl sites for hydroxylation is 1. The zero-order chi connectivity index (χ0) is 11.6. The van der Waals surface area contributed by atoms with Crippen LogP contribution in [0.5, 0.6) is 0 Å². The Hall–Kier alpha value is -1.11. The monoisotopic (exact) mass is 225 g/mol. The molecule has 1 unspecified atom stereocenters. The van der Waals surface area contributed by atoms with Gasteiger partial charge in [0.05, 0.1) is 6.04 Å². The van der Waals surface area contributed by atoms with Crippen molar-refractivity contribution in [3.8, 4) is 0 Å². The van der Waals surface area contributed by atoms with E-state index in [9.17, 15) is 17.6 Å². The molecule has 0 spiro atoms. The molecule has 0 saturated heterocycles. The minimum Gasteiger partial charge on any atom is -0.323 e. The van der Waals surface area contributed by atoms with Crippen molar-refractivity contribution < 1.29 is 17.6 Å². The normalized spacial score (nSPS) is 13.9. The molecular formula is C8H11F4N3. The molecule has 1 rings (SSSR count). The zero-order valence-corrected chi connectivity index (χ0v) is 8.00. The van der Waals surface area contributed by atoms with Gasteiger partial charge in [-0.05, 0) is 6.42 Å². The summed E-state index contributed by atoms with van der Waals surface area (Å²) >= 11 is 0. The molecule has 1 aromatic rings. The summed E-state index contributed by atoms with van der Waals surface area (Å²) in [4.78, 5) is 0. The van der Waals surface area contributed by atoms with Gasteiger partial charge >= 0.3 is 0 Å². The lowest BCUT2D eigenvalue weighted by atomic mass is 10.1. The van der Waals surface area contributed by atoms with Gasteiger partial charge in [-0.2, -0.15) is 5.10 Å². The molecule has 86 valence electrons. The van der Waals surface area contributed by atoms with E-state index in [1.807, 2.05) is 0 Å². The Kier molecular flexibility index (Phi) is 3.67. The van der Waals surface area contributed by atoms with Crippen molar-refractivity contribution in [2.24, 2.45) is 12.8 Å². The van der Waals surface area contributed by atoms with Crippen LogP contribution in [0.25, 0.3) is 0 Å². The standard InChI is InChI=1S/C8H11F4N3/c1-15-3-4(2-5(13)7(9)10)6(14-15)8(11)12/h3,5,7-8H,2,13H2,1H3. The van der Waals surface area contributed by atoms with Gasteiger partial charge in [-0.15, -0.1) is 0 Å². The molecule has 0 fully saturated rings. The number of alkyl halides is 4. The number of aromatic nitrogens is 2. The van der Waals surface area contributed by atoms with Crippen molar-refractivity contribution in [3.05, 3.63) is 17.5 Å². The molecule has 0 aliphatic rings. The number of hydrogen-bond acceptors (Lipinski definition) is 2. The molecule has 2 N–H and O–H groups in total. The number of halogens is 4. The first-order chi connectivity index (χ1) is 6.91. The van der Waals surface area contributed by atoms with Gasteiger partial charge in [0.2, 0.25) is 0 Å². The largest absolute Gasteiger partial charge is 0.323 e. The highest BCUT2D eigenvalue weighted by Gasteiger charge is 2.22. The Balaban J connectivity index is 2.84. The fourth-order valence-electron chi connectivity index (χ4n) is 1.24. The first kappa shape index (κ1) is 12.0. The van der Waals surface area contributed by atoms with Crippen molar-refractivity contribution in [2.45, 2.75) is 25.3 Å². The molecule has 3 nitrogen and oxygen atoms in total. The lowest BCUT2D eigenvalue weighted by Crippen LogP contribution is -2.31. The van der Waals surface area contributed by atoms with E-state index in [2.05, 4.69) is 5.10 Å². The molecule has 0 saturated carbocycles. The molecule has 15 heavy (non-hydrogen) atoms. The van der Waals surface area contributed by atoms with E-state index < -0.39 is 24.6 Å². The average molecular weight is 225 g/mol. The maximum Gasteiger partial charge on any atom is 0.282 e. The van der Waals surface area contributed by atoms with Crippen LogP contribution in [0, 0.1) is 0 Å². The zero-order valence-electron chi connectivity index (χ0n) is 8.00. The van der Waals surface area contributed by atoms with Gasteiger partial charge in [0.25, 0.3) is 12.9 Å². The summed E-state index contributed by atoms with van der Waals surface area (Å²) in [5.74, 6) is 0. The van der Waals surface area contributed by atoms with Crippen molar-refractivity contribution in [3.63, 3.8) is 0 Å².